The molecule has 36 heavy (non-hydrogen) atoms. The molecule has 4 rings (SSSR count). The lowest BCUT2D eigenvalue weighted by molar-refractivity contribution is -0.123. The molecule has 0 spiro atoms. The number of para-hydroxylation sites is 1. The minimum Gasteiger partial charge on any atom is -0.444 e. The van der Waals surface area contributed by atoms with Gasteiger partial charge < -0.3 is 24.5 Å². The third-order valence-electron chi connectivity index (χ3n) is 5.95. The fraction of sp³-hybridized carbons (Fsp3) is 0.321. The Morgan fingerprint density at radius 3 is 2.33 bits per heavy atom. The molecule has 0 radical (unpaired) electrons. The van der Waals surface area contributed by atoms with Crippen molar-refractivity contribution in [2.45, 2.75) is 44.9 Å². The molecule has 2 aromatic carbocycles. The summed E-state index contributed by atoms with van der Waals surface area (Å²) in [5.74, 6) is 0.362. The Kier molecular flexibility index (Phi) is 7.15. The maximum atomic E-state index is 13.8. The lowest BCUT2D eigenvalue weighted by atomic mass is 10.0. The molecule has 2 aromatic heterocycles. The number of imidazole rings is 1. The number of carbonyl (C=O) groups is 2. The van der Waals surface area contributed by atoms with Crippen LogP contribution in [0, 0.1) is 0 Å². The molecule has 0 aliphatic rings. The predicted molar refractivity (Wildman–Crippen MR) is 139 cm³/mol. The highest BCUT2D eigenvalue weighted by Crippen LogP contribution is 2.24. The van der Waals surface area contributed by atoms with Gasteiger partial charge in [-0.15, -0.1) is 0 Å². The lowest BCUT2D eigenvalue weighted by Crippen LogP contribution is -2.50. The number of nitrogens with zero attached hydrogens (tertiary/aromatic N) is 3. The van der Waals surface area contributed by atoms with Crippen molar-refractivity contribution in [2.75, 3.05) is 0 Å². The number of alkyl carbamates (subject to hydrolysis) is 1. The smallest absolute Gasteiger partial charge is 0.408 e. The minimum atomic E-state index is -0.864. The van der Waals surface area contributed by atoms with Crippen molar-refractivity contribution in [1.82, 2.24) is 24.8 Å². The molecule has 1 unspecified atom stereocenters. The van der Waals surface area contributed by atoms with Gasteiger partial charge in [-0.05, 0) is 38.0 Å². The molecule has 0 saturated heterocycles. The molecule has 4 aromatic rings. The van der Waals surface area contributed by atoms with Gasteiger partial charge in [0, 0.05) is 50.0 Å². The average molecular weight is 488 g/mol. The van der Waals surface area contributed by atoms with Gasteiger partial charge in [-0.1, -0.05) is 48.5 Å². The van der Waals surface area contributed by atoms with Crippen LogP contribution in [-0.4, -0.2) is 37.8 Å². The van der Waals surface area contributed by atoms with Gasteiger partial charge >= 0.3 is 6.09 Å². The van der Waals surface area contributed by atoms with Gasteiger partial charge in [0.15, 0.2) is 0 Å². The number of benzene rings is 2. The number of carbonyl (C=O) groups excluding carboxylic acids is 2. The molecule has 0 aliphatic carbocycles. The quantitative estimate of drug-likeness (QED) is 0.408. The summed E-state index contributed by atoms with van der Waals surface area (Å²) in [7, 11) is 3.85. The summed E-state index contributed by atoms with van der Waals surface area (Å²) in [5, 5.41) is 6.96. The predicted octanol–water partition coefficient (Wildman–Crippen LogP) is 4.25. The summed E-state index contributed by atoms with van der Waals surface area (Å²) >= 11 is 0. The van der Waals surface area contributed by atoms with Gasteiger partial charge in [0.25, 0.3) is 0 Å². The molecule has 0 bridgehead atoms. The highest BCUT2D eigenvalue weighted by atomic mass is 16.6. The molecule has 188 valence electrons. The van der Waals surface area contributed by atoms with Gasteiger partial charge in [0.05, 0.1) is 0 Å². The Morgan fingerprint density at radius 2 is 1.67 bits per heavy atom. The summed E-state index contributed by atoms with van der Waals surface area (Å²) in [5.41, 5.74) is 2.21. The van der Waals surface area contributed by atoms with E-state index < -0.39 is 23.8 Å². The molecular weight excluding hydrogens is 454 g/mol. The van der Waals surface area contributed by atoms with Gasteiger partial charge in [-0.25, -0.2) is 9.78 Å². The topological polar surface area (TPSA) is 90.2 Å². The Bertz CT molecular complexity index is 1350. The van der Waals surface area contributed by atoms with E-state index in [2.05, 4.69) is 15.6 Å². The zero-order valence-corrected chi connectivity index (χ0v) is 21.4. The summed E-state index contributed by atoms with van der Waals surface area (Å²) in [6.45, 7) is 5.37. The third-order valence-corrected chi connectivity index (χ3v) is 5.95. The number of fused-ring (bicyclic) bond motifs is 1. The zero-order chi connectivity index (χ0) is 25.9. The Morgan fingerprint density at radius 1 is 0.972 bits per heavy atom. The van der Waals surface area contributed by atoms with Crippen LogP contribution in [0.25, 0.3) is 10.9 Å². The van der Waals surface area contributed by atoms with E-state index in [-0.39, 0.29) is 5.91 Å². The van der Waals surface area contributed by atoms with E-state index in [0.717, 1.165) is 22.0 Å². The molecule has 2 atom stereocenters. The van der Waals surface area contributed by atoms with Crippen LogP contribution in [0.2, 0.25) is 0 Å². The van der Waals surface area contributed by atoms with Gasteiger partial charge in [-0.3, -0.25) is 4.79 Å². The molecule has 8 nitrogen and oxygen atoms in total. The summed E-state index contributed by atoms with van der Waals surface area (Å²) in [6, 6.07) is 16.3. The summed E-state index contributed by atoms with van der Waals surface area (Å²) < 4.78 is 9.37. The average Bonchev–Trinajstić information content (AvgIpc) is 3.39. The first kappa shape index (κ1) is 25.0. The Balaban J connectivity index is 1.66. The Hall–Kier alpha value is -4.07. The highest BCUT2D eigenvalue weighted by molar-refractivity contribution is 5.89. The maximum Gasteiger partial charge on any atom is 0.408 e. The van der Waals surface area contributed by atoms with Crippen LogP contribution in [0.15, 0.2) is 73.2 Å². The molecule has 2 amide bonds. The second kappa shape index (κ2) is 10.3. The van der Waals surface area contributed by atoms with Crippen molar-refractivity contribution in [3.63, 3.8) is 0 Å². The van der Waals surface area contributed by atoms with E-state index in [4.69, 9.17) is 4.74 Å². The van der Waals surface area contributed by atoms with Gasteiger partial charge in [0.1, 0.15) is 23.5 Å². The normalized spacial score (nSPS) is 13.2. The number of amides is 2. The molecule has 2 heterocycles. The van der Waals surface area contributed by atoms with Crippen molar-refractivity contribution in [2.24, 2.45) is 14.1 Å². The molecule has 0 aliphatic heterocycles. The third kappa shape index (κ3) is 5.76. The lowest BCUT2D eigenvalue weighted by Gasteiger charge is -2.25. The van der Waals surface area contributed by atoms with Crippen molar-refractivity contribution in [1.29, 1.82) is 0 Å². The number of ether oxygens (including phenoxy) is 1. The summed E-state index contributed by atoms with van der Waals surface area (Å²) in [6.07, 6.45) is 5.19. The van der Waals surface area contributed by atoms with E-state index in [0.29, 0.717) is 12.2 Å². The number of hydrogen-bond acceptors (Lipinski definition) is 4. The number of aryl methyl sites for hydroxylation is 2. The van der Waals surface area contributed by atoms with Crippen LogP contribution >= 0.6 is 0 Å². The van der Waals surface area contributed by atoms with Crippen LogP contribution in [0.4, 0.5) is 4.79 Å². The first-order valence-electron chi connectivity index (χ1n) is 12.0. The largest absolute Gasteiger partial charge is 0.444 e. The van der Waals surface area contributed by atoms with Crippen LogP contribution in [-0.2, 0) is 30.0 Å². The van der Waals surface area contributed by atoms with Crippen LogP contribution < -0.4 is 10.6 Å². The van der Waals surface area contributed by atoms with Crippen LogP contribution in [0.1, 0.15) is 43.8 Å². The first-order valence-corrected chi connectivity index (χ1v) is 12.0. The second-order valence-corrected chi connectivity index (χ2v) is 9.93. The minimum absolute atomic E-state index is 0.300. The molecule has 2 N–H and O–H groups in total. The standard InChI is InChI=1S/C28H33N5O3/c1-28(2,3)36-27(35)30-22(17-20-18-33(5)23-14-10-9-13-21(20)23)26(34)31-24(19-11-7-6-8-12-19)25-29-15-16-32(25)4/h6-16,18,22,24H,17H2,1-5H3,(H,30,35)(H,31,34)/t22-,24?/m0/s1. The van der Waals surface area contributed by atoms with Crippen LogP contribution in [0.5, 0.6) is 0 Å². The first-order chi connectivity index (χ1) is 17.1. The van der Waals surface area contributed by atoms with E-state index in [1.165, 1.54) is 0 Å². The number of rotatable bonds is 7. The second-order valence-electron chi connectivity index (χ2n) is 9.93. The SMILES string of the molecule is Cn1ccnc1C(NC(=O)[C@H](Cc1cn(C)c2ccccc12)NC(=O)OC(C)(C)C)c1ccccc1. The molecule has 0 fully saturated rings. The summed E-state index contributed by atoms with van der Waals surface area (Å²) in [4.78, 5) is 31.0. The van der Waals surface area contributed by atoms with Crippen LogP contribution in [0.3, 0.4) is 0 Å². The fourth-order valence-electron chi connectivity index (χ4n) is 4.31. The number of hydrogen-bond donors (Lipinski definition) is 2. The maximum absolute atomic E-state index is 13.8. The van der Waals surface area contributed by atoms with E-state index in [1.54, 1.807) is 27.0 Å². The van der Waals surface area contributed by atoms with E-state index >= 15 is 0 Å². The molecule has 8 heteroatoms. The van der Waals surface area contributed by atoms with Crippen molar-refractivity contribution in [3.05, 3.63) is 90.1 Å². The van der Waals surface area contributed by atoms with Gasteiger partial charge in [0.2, 0.25) is 5.91 Å². The van der Waals surface area contributed by atoms with Gasteiger partial charge in [-0.2, -0.15) is 0 Å². The zero-order valence-electron chi connectivity index (χ0n) is 21.4. The van der Waals surface area contributed by atoms with Crippen molar-refractivity contribution in [3.8, 4) is 0 Å². The van der Waals surface area contributed by atoms with E-state index in [9.17, 15) is 9.59 Å². The van der Waals surface area contributed by atoms with Crippen molar-refractivity contribution >= 4 is 22.9 Å². The fourth-order valence-corrected chi connectivity index (χ4v) is 4.31. The highest BCUT2D eigenvalue weighted by Gasteiger charge is 2.29. The molecule has 0 saturated carbocycles. The monoisotopic (exact) mass is 487 g/mol. The Labute approximate surface area is 211 Å². The van der Waals surface area contributed by atoms with Crippen molar-refractivity contribution < 1.29 is 14.3 Å². The molecular formula is C28H33N5O3. The van der Waals surface area contributed by atoms with E-state index in [1.807, 2.05) is 90.2 Å². The number of nitrogens with one attached hydrogen (secondary N) is 2. The number of aromatic nitrogens is 3.